The molecule has 0 radical (unpaired) electrons. The number of piperazine rings is 1. The van der Waals surface area contributed by atoms with Crippen LogP contribution in [0.15, 0.2) is 11.3 Å². The topological polar surface area (TPSA) is 91.0 Å². The Morgan fingerprint density at radius 2 is 1.65 bits per heavy atom. The van der Waals surface area contributed by atoms with Gasteiger partial charge in [-0.05, 0) is 63.2 Å². The summed E-state index contributed by atoms with van der Waals surface area (Å²) in [7, 11) is 0. The summed E-state index contributed by atoms with van der Waals surface area (Å²) in [4.78, 5) is 41.9. The zero-order valence-electron chi connectivity index (χ0n) is 18.5. The molecule has 3 amide bonds. The molecule has 0 aromatic carbocycles. The highest BCUT2D eigenvalue weighted by molar-refractivity contribution is 5.93. The molecule has 31 heavy (non-hydrogen) atoms. The second-order valence-corrected chi connectivity index (χ2v) is 10.3. The van der Waals surface area contributed by atoms with Gasteiger partial charge in [-0.1, -0.05) is 0 Å². The van der Waals surface area contributed by atoms with E-state index in [4.69, 9.17) is 4.74 Å². The van der Waals surface area contributed by atoms with Crippen molar-refractivity contribution in [2.75, 3.05) is 45.9 Å². The molecule has 1 saturated heterocycles. The fraction of sp³-hybridized carbons (Fsp3) is 0.783. The Kier molecular flexibility index (Phi) is 5.44. The molecule has 0 atom stereocenters. The van der Waals surface area contributed by atoms with Gasteiger partial charge in [-0.3, -0.25) is 9.69 Å². The first kappa shape index (κ1) is 20.8. The van der Waals surface area contributed by atoms with Gasteiger partial charge >= 0.3 is 12.0 Å². The van der Waals surface area contributed by atoms with Crippen molar-refractivity contribution >= 4 is 17.9 Å². The Bertz CT molecular complexity index is 764. The van der Waals surface area contributed by atoms with Crippen LogP contribution in [0.5, 0.6) is 0 Å². The van der Waals surface area contributed by atoms with Gasteiger partial charge in [0.25, 0.3) is 0 Å². The second-order valence-electron chi connectivity index (χ2n) is 10.3. The third-order valence-corrected chi connectivity index (χ3v) is 8.11. The summed E-state index contributed by atoms with van der Waals surface area (Å²) in [6, 6.07) is -0.293. The SMILES string of the molecule is CCOC(=O)C1=C(CN2CCN(C(=O)C34CC5CC(CC(C5)C3)C4)CC2)NC(=O)NC1. The molecule has 4 bridgehead atoms. The van der Waals surface area contributed by atoms with Crippen LogP contribution in [0.2, 0.25) is 0 Å². The number of carbonyl (C=O) groups excluding carboxylic acids is 3. The number of esters is 1. The summed E-state index contributed by atoms with van der Waals surface area (Å²) in [5, 5.41) is 5.43. The van der Waals surface area contributed by atoms with Gasteiger partial charge in [0.1, 0.15) is 0 Å². The van der Waals surface area contributed by atoms with Gasteiger partial charge < -0.3 is 20.3 Å². The molecule has 0 spiro atoms. The van der Waals surface area contributed by atoms with Crippen molar-refractivity contribution in [3.8, 4) is 0 Å². The van der Waals surface area contributed by atoms with E-state index in [0.29, 0.717) is 30.3 Å². The van der Waals surface area contributed by atoms with E-state index in [0.717, 1.165) is 63.2 Å². The van der Waals surface area contributed by atoms with Crippen LogP contribution in [0.1, 0.15) is 45.4 Å². The molecule has 6 aliphatic rings. The van der Waals surface area contributed by atoms with Crippen LogP contribution in [-0.2, 0) is 14.3 Å². The zero-order valence-corrected chi connectivity index (χ0v) is 18.5. The first-order valence-corrected chi connectivity index (χ1v) is 11.9. The number of nitrogens with zero attached hydrogens (tertiary/aromatic N) is 2. The first-order valence-electron chi connectivity index (χ1n) is 11.9. The highest BCUT2D eigenvalue weighted by atomic mass is 16.5. The molecule has 0 unspecified atom stereocenters. The second kappa shape index (κ2) is 8.11. The Balaban J connectivity index is 1.21. The minimum Gasteiger partial charge on any atom is -0.463 e. The Hall–Kier alpha value is -2.09. The maximum absolute atomic E-state index is 13.6. The molecule has 2 N–H and O–H groups in total. The first-order chi connectivity index (χ1) is 15.0. The zero-order chi connectivity index (χ0) is 21.6. The molecular weight excluding hydrogens is 396 g/mol. The molecule has 0 aromatic rings. The van der Waals surface area contributed by atoms with Gasteiger partial charge in [-0.15, -0.1) is 0 Å². The number of hydrogen-bond acceptors (Lipinski definition) is 5. The molecule has 0 aromatic heterocycles. The maximum Gasteiger partial charge on any atom is 0.337 e. The third-order valence-electron chi connectivity index (χ3n) is 8.11. The number of nitrogens with one attached hydrogen (secondary N) is 2. The van der Waals surface area contributed by atoms with Crippen LogP contribution in [0, 0.1) is 23.2 Å². The number of hydrogen-bond donors (Lipinski definition) is 2. The molecule has 2 aliphatic heterocycles. The highest BCUT2D eigenvalue weighted by Crippen LogP contribution is 2.60. The monoisotopic (exact) mass is 430 g/mol. The summed E-state index contributed by atoms with van der Waals surface area (Å²) < 4.78 is 5.14. The van der Waals surface area contributed by atoms with E-state index in [2.05, 4.69) is 20.4 Å². The number of carbonyl (C=O) groups is 3. The van der Waals surface area contributed by atoms with Gasteiger partial charge in [0.2, 0.25) is 5.91 Å². The molecule has 4 saturated carbocycles. The van der Waals surface area contributed by atoms with E-state index in [1.54, 1.807) is 6.92 Å². The van der Waals surface area contributed by atoms with Crippen LogP contribution < -0.4 is 10.6 Å². The average molecular weight is 431 g/mol. The van der Waals surface area contributed by atoms with Crippen molar-refractivity contribution in [2.24, 2.45) is 23.2 Å². The van der Waals surface area contributed by atoms with E-state index >= 15 is 0 Å². The van der Waals surface area contributed by atoms with E-state index in [1.165, 1.54) is 19.3 Å². The normalized spacial score (nSPS) is 35.1. The van der Waals surface area contributed by atoms with Crippen LogP contribution in [-0.4, -0.2) is 73.6 Å². The fourth-order valence-corrected chi connectivity index (χ4v) is 7.12. The van der Waals surface area contributed by atoms with Crippen molar-refractivity contribution in [3.63, 3.8) is 0 Å². The number of ether oxygens (including phenoxy) is 1. The van der Waals surface area contributed by atoms with Gasteiger partial charge in [-0.25, -0.2) is 9.59 Å². The Labute approximate surface area is 183 Å². The van der Waals surface area contributed by atoms with Crippen molar-refractivity contribution in [2.45, 2.75) is 45.4 Å². The predicted octanol–water partition coefficient (Wildman–Crippen LogP) is 1.48. The van der Waals surface area contributed by atoms with Crippen LogP contribution in [0.3, 0.4) is 0 Å². The smallest absolute Gasteiger partial charge is 0.337 e. The molecule has 8 nitrogen and oxygen atoms in total. The van der Waals surface area contributed by atoms with Crippen molar-refractivity contribution in [3.05, 3.63) is 11.3 Å². The Morgan fingerprint density at radius 3 is 2.23 bits per heavy atom. The number of rotatable bonds is 5. The average Bonchev–Trinajstić information content (AvgIpc) is 2.73. The van der Waals surface area contributed by atoms with Crippen molar-refractivity contribution < 1.29 is 19.1 Å². The lowest BCUT2D eigenvalue weighted by Crippen LogP contribution is -2.58. The van der Waals surface area contributed by atoms with Crippen LogP contribution in [0.25, 0.3) is 0 Å². The predicted molar refractivity (Wildman–Crippen MR) is 114 cm³/mol. The minimum atomic E-state index is -0.388. The number of urea groups is 1. The van der Waals surface area contributed by atoms with E-state index < -0.39 is 0 Å². The molecule has 170 valence electrons. The van der Waals surface area contributed by atoms with Crippen LogP contribution in [0.4, 0.5) is 4.79 Å². The van der Waals surface area contributed by atoms with Gasteiger partial charge in [0, 0.05) is 38.4 Å². The molecule has 8 heteroatoms. The molecular formula is C23H34N4O4. The lowest BCUT2D eigenvalue weighted by Gasteiger charge is -2.57. The van der Waals surface area contributed by atoms with Crippen LogP contribution >= 0.6 is 0 Å². The fourth-order valence-electron chi connectivity index (χ4n) is 7.12. The molecule has 4 aliphatic carbocycles. The quantitative estimate of drug-likeness (QED) is 0.645. The van der Waals surface area contributed by atoms with Crippen molar-refractivity contribution in [1.82, 2.24) is 20.4 Å². The lowest BCUT2D eigenvalue weighted by atomic mass is 9.49. The molecule has 5 fully saturated rings. The van der Waals surface area contributed by atoms with Crippen molar-refractivity contribution in [1.29, 1.82) is 0 Å². The van der Waals surface area contributed by atoms with Gasteiger partial charge in [0.05, 0.1) is 24.1 Å². The third kappa shape index (κ3) is 3.95. The summed E-state index contributed by atoms with van der Waals surface area (Å²) in [5.74, 6) is 2.32. The van der Waals surface area contributed by atoms with Gasteiger partial charge in [0.15, 0.2) is 0 Å². The summed E-state index contributed by atoms with van der Waals surface area (Å²) in [6.07, 6.45) is 7.35. The maximum atomic E-state index is 13.6. The highest BCUT2D eigenvalue weighted by Gasteiger charge is 2.55. The van der Waals surface area contributed by atoms with E-state index in [9.17, 15) is 14.4 Å². The summed E-state index contributed by atoms with van der Waals surface area (Å²) in [5.41, 5.74) is 1.01. The molecule has 6 rings (SSSR count). The minimum absolute atomic E-state index is 0.0838. The molecule has 2 heterocycles. The summed E-state index contributed by atoms with van der Waals surface area (Å²) in [6.45, 7) is 5.68. The summed E-state index contributed by atoms with van der Waals surface area (Å²) >= 11 is 0. The van der Waals surface area contributed by atoms with Gasteiger partial charge in [-0.2, -0.15) is 0 Å². The largest absolute Gasteiger partial charge is 0.463 e. The lowest BCUT2D eigenvalue weighted by molar-refractivity contribution is -0.159. The number of amides is 3. The van der Waals surface area contributed by atoms with E-state index in [1.807, 2.05) is 0 Å². The standard InChI is InChI=1S/C23H34N4O4/c1-2-31-20(28)18-13-24-22(30)25-19(18)14-26-3-5-27(6-4-26)21(29)23-10-15-7-16(11-23)9-17(8-15)12-23/h15-17H,2-14H2,1H3,(H2,24,25,30). The Morgan fingerprint density at radius 1 is 1.03 bits per heavy atom. The van der Waals surface area contributed by atoms with E-state index in [-0.39, 0.29) is 24.0 Å².